The molecule has 0 bridgehead atoms. The molecule has 6 aromatic rings. The molecular weight excluding hydrogens is 543 g/mol. The molecule has 204 valence electrons. The highest BCUT2D eigenvalue weighted by atomic mass is 32.2. The van der Waals surface area contributed by atoms with E-state index < -0.39 is 0 Å². The van der Waals surface area contributed by atoms with Gasteiger partial charge in [0.1, 0.15) is 39.2 Å². The van der Waals surface area contributed by atoms with Crippen molar-refractivity contribution in [2.24, 2.45) is 0 Å². The largest absolute Gasteiger partial charge is 0.139 e. The highest BCUT2D eigenvalue weighted by Gasteiger charge is 2.33. The van der Waals surface area contributed by atoms with E-state index in [9.17, 15) is 0 Å². The molecule has 2 atom stereocenters. The van der Waals surface area contributed by atoms with Gasteiger partial charge in [-0.25, -0.2) is 0 Å². The van der Waals surface area contributed by atoms with Gasteiger partial charge in [-0.3, -0.25) is 0 Å². The monoisotopic (exact) mass is 574 g/mol. The Morgan fingerprint density at radius 1 is 0.500 bits per heavy atom. The van der Waals surface area contributed by atoms with Crippen molar-refractivity contribution in [1.29, 1.82) is 0 Å². The van der Waals surface area contributed by atoms with E-state index in [1.807, 2.05) is 11.8 Å². The molecule has 0 saturated heterocycles. The summed E-state index contributed by atoms with van der Waals surface area (Å²) in [6.45, 7) is 0. The molecule has 0 saturated carbocycles. The quantitative estimate of drug-likeness (QED) is 0.230. The van der Waals surface area contributed by atoms with Crippen LogP contribution in [0.3, 0.4) is 0 Å². The molecule has 0 fully saturated rings. The fourth-order valence-corrected chi connectivity index (χ4v) is 9.04. The summed E-state index contributed by atoms with van der Waals surface area (Å²) in [7, 11) is 11.5. The van der Waals surface area contributed by atoms with Gasteiger partial charge < -0.3 is 0 Å². The number of benzene rings is 6. The summed E-state index contributed by atoms with van der Waals surface area (Å²) in [5.74, 6) is 0.392. The molecule has 2 aliphatic rings. The zero-order chi connectivity index (χ0) is 30.1. The topological polar surface area (TPSA) is 0 Å². The predicted molar refractivity (Wildman–Crippen MR) is 209 cm³/mol. The van der Waals surface area contributed by atoms with Crippen LogP contribution in [0.1, 0.15) is 17.0 Å². The van der Waals surface area contributed by atoms with E-state index in [-0.39, 0.29) is 0 Å². The Morgan fingerprint density at radius 3 is 1.66 bits per heavy atom. The van der Waals surface area contributed by atoms with E-state index in [1.54, 1.807) is 0 Å². The van der Waals surface area contributed by atoms with Gasteiger partial charge >= 0.3 is 0 Å². The normalized spacial score (nSPS) is 17.0. The molecule has 1 aliphatic carbocycles. The molecule has 6 aromatic carbocycles. The SMILES string of the molecule is Bc1c(B)c(B)c(-c2c3ccccc3c(-c3ccc4c(c3)C3C=CC(c5ccccc5)=CC3S4)c3ccccc23)c(B)c1B. The van der Waals surface area contributed by atoms with Crippen molar-refractivity contribution in [3.63, 3.8) is 0 Å². The van der Waals surface area contributed by atoms with Crippen LogP contribution in [0, 0.1) is 0 Å². The van der Waals surface area contributed by atoms with Crippen molar-refractivity contribution in [3.05, 3.63) is 126 Å². The number of allylic oxidation sites excluding steroid dienone is 3. The van der Waals surface area contributed by atoms with E-state index in [2.05, 4.69) is 155 Å². The maximum absolute atomic E-state index is 2.49. The van der Waals surface area contributed by atoms with E-state index in [1.165, 1.54) is 92.7 Å². The van der Waals surface area contributed by atoms with Crippen molar-refractivity contribution in [2.45, 2.75) is 16.1 Å². The zero-order valence-corrected chi connectivity index (χ0v) is 26.8. The number of fused-ring (bicyclic) bond motifs is 5. The van der Waals surface area contributed by atoms with Gasteiger partial charge in [0.15, 0.2) is 0 Å². The third-order valence-electron chi connectivity index (χ3n) is 10.4. The molecule has 0 nitrogen and oxygen atoms in total. The average molecular weight is 574 g/mol. The Balaban J connectivity index is 1.33. The fraction of sp³-hybridized carbons (Fsp3) is 0.0526. The van der Waals surface area contributed by atoms with Gasteiger partial charge in [0.2, 0.25) is 0 Å². The molecule has 1 aliphatic heterocycles. The molecule has 1 heterocycles. The van der Waals surface area contributed by atoms with Crippen LogP contribution in [-0.4, -0.2) is 44.5 Å². The van der Waals surface area contributed by atoms with Gasteiger partial charge in [0.05, 0.1) is 0 Å². The van der Waals surface area contributed by atoms with E-state index >= 15 is 0 Å². The molecule has 0 N–H and O–H groups in total. The second-order valence-electron chi connectivity index (χ2n) is 12.5. The highest BCUT2D eigenvalue weighted by Crippen LogP contribution is 2.51. The third kappa shape index (κ3) is 4.15. The molecule has 8 rings (SSSR count). The highest BCUT2D eigenvalue weighted by molar-refractivity contribution is 8.00. The molecule has 44 heavy (non-hydrogen) atoms. The van der Waals surface area contributed by atoms with Crippen LogP contribution >= 0.6 is 11.8 Å². The predicted octanol–water partition coefficient (Wildman–Crippen LogP) is 1.83. The van der Waals surface area contributed by atoms with Crippen LogP contribution in [0.2, 0.25) is 0 Å². The van der Waals surface area contributed by atoms with Crippen molar-refractivity contribution in [1.82, 2.24) is 0 Å². The zero-order valence-electron chi connectivity index (χ0n) is 26.0. The van der Waals surface area contributed by atoms with Crippen LogP contribution in [0.15, 0.2) is 120 Å². The number of thioether (sulfide) groups is 1. The summed E-state index contributed by atoms with van der Waals surface area (Å²) in [5, 5.41) is 5.73. The molecule has 0 spiro atoms. The van der Waals surface area contributed by atoms with Gasteiger partial charge in [-0.15, -0.1) is 28.2 Å². The van der Waals surface area contributed by atoms with Crippen LogP contribution in [0.25, 0.3) is 49.4 Å². The van der Waals surface area contributed by atoms with Gasteiger partial charge in [0.25, 0.3) is 0 Å². The van der Waals surface area contributed by atoms with Crippen LogP contribution in [0.4, 0.5) is 0 Å². The molecular formula is C38H31B5S. The summed E-state index contributed by atoms with van der Waals surface area (Å²) < 4.78 is 0. The smallest absolute Gasteiger partial charge is 0.117 e. The van der Waals surface area contributed by atoms with Crippen molar-refractivity contribution < 1.29 is 0 Å². The summed E-state index contributed by atoms with van der Waals surface area (Å²) >= 11 is 2.01. The minimum absolute atomic E-state index is 0.392. The van der Waals surface area contributed by atoms with Gasteiger partial charge in [-0.2, -0.15) is 0 Å². The average Bonchev–Trinajstić information content (AvgIpc) is 3.44. The van der Waals surface area contributed by atoms with Crippen LogP contribution < -0.4 is 27.3 Å². The lowest BCUT2D eigenvalue weighted by atomic mass is 9.59. The lowest BCUT2D eigenvalue weighted by Gasteiger charge is -2.24. The molecule has 0 aromatic heterocycles. The number of hydrogen-bond donors (Lipinski definition) is 0. The fourth-order valence-electron chi connectivity index (χ4n) is 7.67. The van der Waals surface area contributed by atoms with Crippen molar-refractivity contribution >= 4 is 105 Å². The summed E-state index contributed by atoms with van der Waals surface area (Å²) in [5.41, 5.74) is 16.5. The van der Waals surface area contributed by atoms with E-state index in [4.69, 9.17) is 0 Å². The van der Waals surface area contributed by atoms with Gasteiger partial charge in [0, 0.05) is 16.1 Å². The van der Waals surface area contributed by atoms with E-state index in [0.717, 1.165) is 0 Å². The minimum atomic E-state index is 0.392. The standard InChI is InChI=1S/C38H31B5S/c39-34-33(35(40)37(42)38(43)36(34)41)32-26-12-6-4-10-24(26)31(25-11-5-7-13-27(25)32)22-15-17-29-28(18-22)23-16-14-21(19-30(23)44-29)20-8-2-1-3-9-20/h1-19,23,30H,39-43H2. The van der Waals surface area contributed by atoms with Gasteiger partial charge in [-0.05, 0) is 72.6 Å². The van der Waals surface area contributed by atoms with Crippen LogP contribution in [0.5, 0.6) is 0 Å². The second-order valence-corrected chi connectivity index (χ2v) is 13.8. The van der Waals surface area contributed by atoms with Crippen LogP contribution in [-0.2, 0) is 0 Å². The lowest BCUT2D eigenvalue weighted by Crippen LogP contribution is -2.55. The van der Waals surface area contributed by atoms with Gasteiger partial charge in [-0.1, -0.05) is 114 Å². The molecule has 0 radical (unpaired) electrons. The summed E-state index contributed by atoms with van der Waals surface area (Å²) in [4.78, 5) is 1.40. The second kappa shape index (κ2) is 10.6. The Hall–Kier alpha value is -4.01. The van der Waals surface area contributed by atoms with Crippen molar-refractivity contribution in [2.75, 3.05) is 0 Å². The minimum Gasteiger partial charge on any atom is -0.117 e. The lowest BCUT2D eigenvalue weighted by molar-refractivity contribution is 0.884. The Kier molecular flexibility index (Phi) is 6.61. The maximum Gasteiger partial charge on any atom is 0.139 e. The Bertz CT molecular complexity index is 2130. The third-order valence-corrected chi connectivity index (χ3v) is 11.7. The first kappa shape index (κ1) is 27.5. The summed E-state index contributed by atoms with van der Waals surface area (Å²) in [6.07, 6.45) is 7.23. The molecule has 0 amide bonds. The number of hydrogen-bond acceptors (Lipinski definition) is 1. The summed E-state index contributed by atoms with van der Waals surface area (Å²) in [6, 6.07) is 36.1. The Morgan fingerprint density at radius 2 is 1.05 bits per heavy atom. The first-order valence-corrected chi connectivity index (χ1v) is 16.6. The van der Waals surface area contributed by atoms with Crippen molar-refractivity contribution in [3.8, 4) is 22.3 Å². The molecule has 2 unspecified atom stereocenters. The first-order valence-electron chi connectivity index (χ1n) is 15.7. The Labute approximate surface area is 269 Å². The van der Waals surface area contributed by atoms with E-state index in [0.29, 0.717) is 11.2 Å². The number of rotatable bonds is 3. The first-order chi connectivity index (χ1) is 21.4. The maximum atomic E-state index is 2.49. The molecule has 6 heteroatoms.